The zero-order valence-electron chi connectivity index (χ0n) is 19.2. The number of hydrogen-bond donors (Lipinski definition) is 1. The van der Waals surface area contributed by atoms with Gasteiger partial charge in [-0.1, -0.05) is 59.6 Å². The molecule has 1 fully saturated rings. The summed E-state index contributed by atoms with van der Waals surface area (Å²) in [5.41, 5.74) is 2.67. The average Bonchev–Trinajstić information content (AvgIpc) is 2.82. The molecule has 4 rings (SSSR count). The van der Waals surface area contributed by atoms with Crippen molar-refractivity contribution in [2.45, 2.75) is 20.5 Å². The van der Waals surface area contributed by atoms with Gasteiger partial charge in [0.15, 0.2) is 11.5 Å². The number of carbonyl (C=O) groups excluding carboxylic acids is 3. The number of anilines is 1. The molecule has 0 aliphatic carbocycles. The number of urea groups is 1. The molecule has 0 radical (unpaired) electrons. The quantitative estimate of drug-likeness (QED) is 0.359. The van der Waals surface area contributed by atoms with E-state index in [1.54, 1.807) is 36.4 Å². The van der Waals surface area contributed by atoms with E-state index in [9.17, 15) is 14.4 Å². The van der Waals surface area contributed by atoms with Crippen molar-refractivity contribution in [1.82, 2.24) is 5.32 Å². The molecule has 3 aromatic carbocycles. The van der Waals surface area contributed by atoms with E-state index >= 15 is 0 Å². The van der Waals surface area contributed by atoms with Crippen molar-refractivity contribution in [3.05, 3.63) is 94.0 Å². The molecule has 7 nitrogen and oxygen atoms in total. The van der Waals surface area contributed by atoms with Gasteiger partial charge in [0.25, 0.3) is 11.8 Å². The van der Waals surface area contributed by atoms with E-state index in [-0.39, 0.29) is 16.3 Å². The number of aryl methyl sites for hydroxylation is 1. The first-order valence-corrected chi connectivity index (χ1v) is 11.4. The second kappa shape index (κ2) is 10.4. The summed E-state index contributed by atoms with van der Waals surface area (Å²) in [6.45, 7) is 4.62. The van der Waals surface area contributed by atoms with Gasteiger partial charge in [-0.25, -0.2) is 9.69 Å². The van der Waals surface area contributed by atoms with E-state index in [0.717, 1.165) is 16.0 Å². The minimum absolute atomic E-state index is 0.185. The van der Waals surface area contributed by atoms with Gasteiger partial charge >= 0.3 is 6.03 Å². The number of nitrogens with one attached hydrogen (secondary N) is 1. The number of amides is 4. The van der Waals surface area contributed by atoms with Crippen LogP contribution in [-0.4, -0.2) is 24.5 Å². The van der Waals surface area contributed by atoms with E-state index in [1.807, 2.05) is 38.1 Å². The van der Waals surface area contributed by atoms with Crippen molar-refractivity contribution in [3.63, 3.8) is 0 Å². The van der Waals surface area contributed by atoms with Crippen LogP contribution >= 0.6 is 11.6 Å². The maximum absolute atomic E-state index is 13.1. The van der Waals surface area contributed by atoms with E-state index in [4.69, 9.17) is 21.1 Å². The molecule has 0 saturated carbocycles. The molecular formula is C27H23ClN2O5. The normalized spacial score (nSPS) is 14.8. The Morgan fingerprint density at radius 2 is 1.74 bits per heavy atom. The van der Waals surface area contributed by atoms with Crippen molar-refractivity contribution < 1.29 is 23.9 Å². The van der Waals surface area contributed by atoms with E-state index in [1.165, 1.54) is 12.1 Å². The molecule has 0 bridgehead atoms. The highest BCUT2D eigenvalue weighted by Gasteiger charge is 2.37. The summed E-state index contributed by atoms with van der Waals surface area (Å²) in [5.74, 6) is -0.564. The molecule has 0 aromatic heterocycles. The largest absolute Gasteiger partial charge is 0.490 e. The van der Waals surface area contributed by atoms with Gasteiger partial charge in [-0.05, 0) is 55.3 Å². The number of benzene rings is 3. The van der Waals surface area contributed by atoms with Crippen LogP contribution in [0.2, 0.25) is 5.02 Å². The molecule has 178 valence electrons. The predicted molar refractivity (Wildman–Crippen MR) is 134 cm³/mol. The third-order valence-electron chi connectivity index (χ3n) is 5.25. The van der Waals surface area contributed by atoms with Gasteiger partial charge in [0.05, 0.1) is 17.3 Å². The fraction of sp³-hybridized carbons (Fsp3) is 0.148. The molecule has 4 amide bonds. The predicted octanol–water partition coefficient (Wildman–Crippen LogP) is 5.29. The monoisotopic (exact) mass is 490 g/mol. The highest BCUT2D eigenvalue weighted by atomic mass is 35.5. The maximum atomic E-state index is 13.1. The SMILES string of the molecule is CCOc1cc(/C=C2\C(=O)NC(=O)N(c3ccccc3Cl)C2=O)ccc1OCc1cccc(C)c1. The highest BCUT2D eigenvalue weighted by Crippen LogP contribution is 2.32. The molecule has 1 aliphatic heterocycles. The van der Waals surface area contributed by atoms with Gasteiger partial charge in [0.1, 0.15) is 12.2 Å². The number of nitrogens with zero attached hydrogens (tertiary/aromatic N) is 1. The number of carbonyl (C=O) groups is 3. The molecule has 1 N–H and O–H groups in total. The van der Waals surface area contributed by atoms with Crippen LogP contribution in [0.3, 0.4) is 0 Å². The summed E-state index contributed by atoms with van der Waals surface area (Å²) in [6, 6.07) is 18.7. The Morgan fingerprint density at radius 1 is 0.943 bits per heavy atom. The van der Waals surface area contributed by atoms with Crippen molar-refractivity contribution in [2.75, 3.05) is 11.5 Å². The lowest BCUT2D eigenvalue weighted by Gasteiger charge is -2.27. The molecule has 8 heteroatoms. The lowest BCUT2D eigenvalue weighted by molar-refractivity contribution is -0.122. The third kappa shape index (κ3) is 5.36. The fourth-order valence-electron chi connectivity index (χ4n) is 3.64. The number of para-hydroxylation sites is 1. The van der Waals surface area contributed by atoms with Crippen LogP contribution < -0.4 is 19.7 Å². The van der Waals surface area contributed by atoms with Crippen LogP contribution in [0.15, 0.2) is 72.3 Å². The molecular weight excluding hydrogens is 468 g/mol. The Bertz CT molecular complexity index is 1330. The fourth-order valence-corrected chi connectivity index (χ4v) is 3.86. The first kappa shape index (κ1) is 24.0. The van der Waals surface area contributed by atoms with E-state index in [2.05, 4.69) is 5.32 Å². The zero-order chi connectivity index (χ0) is 24.9. The van der Waals surface area contributed by atoms with Crippen LogP contribution in [-0.2, 0) is 16.2 Å². The lowest BCUT2D eigenvalue weighted by Crippen LogP contribution is -2.54. The van der Waals surface area contributed by atoms with Gasteiger partial charge in [0, 0.05) is 0 Å². The zero-order valence-corrected chi connectivity index (χ0v) is 20.0. The van der Waals surface area contributed by atoms with Crippen LogP contribution in [0.25, 0.3) is 6.08 Å². The van der Waals surface area contributed by atoms with Gasteiger partial charge in [-0.2, -0.15) is 0 Å². The van der Waals surface area contributed by atoms with Gasteiger partial charge in [0.2, 0.25) is 0 Å². The number of hydrogen-bond acceptors (Lipinski definition) is 5. The van der Waals surface area contributed by atoms with Crippen molar-refractivity contribution in [3.8, 4) is 11.5 Å². The topological polar surface area (TPSA) is 84.9 Å². The maximum Gasteiger partial charge on any atom is 0.335 e. The lowest BCUT2D eigenvalue weighted by atomic mass is 10.1. The third-order valence-corrected chi connectivity index (χ3v) is 5.57. The number of barbiturate groups is 1. The second-order valence-corrected chi connectivity index (χ2v) is 8.23. The second-order valence-electron chi connectivity index (χ2n) is 7.83. The summed E-state index contributed by atoms with van der Waals surface area (Å²) in [5, 5.41) is 2.40. The Balaban J connectivity index is 1.62. The molecule has 0 atom stereocenters. The van der Waals surface area contributed by atoms with E-state index < -0.39 is 17.8 Å². The molecule has 0 spiro atoms. The van der Waals surface area contributed by atoms with Crippen LogP contribution in [0.1, 0.15) is 23.6 Å². The van der Waals surface area contributed by atoms with Crippen molar-refractivity contribution >= 4 is 41.2 Å². The molecule has 3 aromatic rings. The van der Waals surface area contributed by atoms with E-state index in [0.29, 0.717) is 30.3 Å². The van der Waals surface area contributed by atoms with Gasteiger partial charge in [-0.15, -0.1) is 0 Å². The molecule has 1 aliphatic rings. The average molecular weight is 491 g/mol. The number of rotatable bonds is 7. The highest BCUT2D eigenvalue weighted by molar-refractivity contribution is 6.42. The van der Waals surface area contributed by atoms with Gasteiger partial charge in [-0.3, -0.25) is 14.9 Å². The van der Waals surface area contributed by atoms with Crippen molar-refractivity contribution in [1.29, 1.82) is 0 Å². The molecule has 0 unspecified atom stereocenters. The van der Waals surface area contributed by atoms with Crippen molar-refractivity contribution in [2.24, 2.45) is 0 Å². The number of imide groups is 2. The number of halogens is 1. The Labute approximate surface area is 207 Å². The summed E-state index contributed by atoms with van der Waals surface area (Å²) in [6.07, 6.45) is 1.40. The minimum Gasteiger partial charge on any atom is -0.490 e. The smallest absolute Gasteiger partial charge is 0.335 e. The summed E-state index contributed by atoms with van der Waals surface area (Å²) in [4.78, 5) is 38.9. The summed E-state index contributed by atoms with van der Waals surface area (Å²) >= 11 is 6.18. The van der Waals surface area contributed by atoms with Crippen LogP contribution in [0.5, 0.6) is 11.5 Å². The Morgan fingerprint density at radius 3 is 2.49 bits per heavy atom. The summed E-state index contributed by atoms with van der Waals surface area (Å²) < 4.78 is 11.7. The Kier molecular flexibility index (Phi) is 7.17. The standard InChI is InChI=1S/C27H23ClN2O5/c1-3-34-24-15-18(11-12-23(24)35-16-19-8-6-7-17(2)13-19)14-20-25(31)29-27(33)30(26(20)32)22-10-5-4-9-21(22)28/h4-15H,3,16H2,1-2H3,(H,29,31,33)/b20-14+. The molecule has 1 saturated heterocycles. The molecule has 35 heavy (non-hydrogen) atoms. The van der Waals surface area contributed by atoms with Crippen LogP contribution in [0.4, 0.5) is 10.5 Å². The van der Waals surface area contributed by atoms with Crippen LogP contribution in [0, 0.1) is 6.92 Å². The number of ether oxygens (including phenoxy) is 2. The first-order chi connectivity index (χ1) is 16.9. The Hall–Kier alpha value is -4.10. The first-order valence-electron chi connectivity index (χ1n) is 11.0. The van der Waals surface area contributed by atoms with Gasteiger partial charge < -0.3 is 9.47 Å². The minimum atomic E-state index is -0.861. The summed E-state index contributed by atoms with van der Waals surface area (Å²) in [7, 11) is 0. The molecule has 1 heterocycles.